The highest BCUT2D eigenvalue weighted by Gasteiger charge is 1.87. The van der Waals surface area contributed by atoms with Crippen molar-refractivity contribution in [2.24, 2.45) is 0 Å². The summed E-state index contributed by atoms with van der Waals surface area (Å²) in [4.78, 5) is 11.5. The maximum atomic E-state index is 4.89. The fraction of sp³-hybridized carbons (Fsp3) is 0.308. The van der Waals surface area contributed by atoms with Crippen LogP contribution >= 0.6 is 0 Å². The van der Waals surface area contributed by atoms with Crippen molar-refractivity contribution < 1.29 is 9.47 Å². The van der Waals surface area contributed by atoms with Gasteiger partial charge in [-0.15, -0.1) is 0 Å². The molecule has 0 N–H and O–H groups in total. The maximum Gasteiger partial charge on any atom is 0.115 e. The summed E-state index contributed by atoms with van der Waals surface area (Å²) in [5.41, 5.74) is 2.11. The largest absolute Gasteiger partial charge is 0.380 e. The lowest BCUT2D eigenvalue weighted by atomic mass is 10.3. The van der Waals surface area contributed by atoms with E-state index < -0.39 is 0 Å². The number of hydrogen-bond acceptors (Lipinski definition) is 5. The molecule has 0 atom stereocenters. The van der Waals surface area contributed by atoms with Gasteiger partial charge in [-0.2, -0.15) is 0 Å². The predicted octanol–water partition coefficient (Wildman–Crippen LogP) is 1.85. The summed E-state index contributed by atoms with van der Waals surface area (Å²) in [6.07, 6.45) is 8.51. The van der Waals surface area contributed by atoms with Gasteiger partial charge in [-0.05, 0) is 11.6 Å². The Morgan fingerprint density at radius 2 is 1.50 bits per heavy atom. The first kappa shape index (κ1) is 14.2. The molecule has 0 aromatic carbocycles. The standard InChI is InChI=1S/C7H9NO.C6H8N2O/c1-9-6-7-3-2-4-8-5-7;1-9-4-6-2-7-5-8-3-6/h2-5H,6H2,1H3;2-3,5H,4H2,1H3. The highest BCUT2D eigenvalue weighted by atomic mass is 16.5. The number of rotatable bonds is 4. The number of nitrogens with zero attached hydrogens (tertiary/aromatic N) is 3. The van der Waals surface area contributed by atoms with E-state index in [1.54, 1.807) is 39.0 Å². The van der Waals surface area contributed by atoms with Gasteiger partial charge < -0.3 is 9.47 Å². The van der Waals surface area contributed by atoms with Crippen LogP contribution in [0.5, 0.6) is 0 Å². The zero-order chi connectivity index (χ0) is 13.1. The Morgan fingerprint density at radius 1 is 0.889 bits per heavy atom. The molecule has 0 radical (unpaired) electrons. The number of methoxy groups -OCH3 is 2. The van der Waals surface area contributed by atoms with Gasteiger partial charge in [0.2, 0.25) is 0 Å². The second-order valence-corrected chi connectivity index (χ2v) is 3.47. The molecular weight excluding hydrogens is 230 g/mol. The normalized spacial score (nSPS) is 9.44. The smallest absolute Gasteiger partial charge is 0.115 e. The summed E-state index contributed by atoms with van der Waals surface area (Å²) < 4.78 is 9.74. The average molecular weight is 247 g/mol. The summed E-state index contributed by atoms with van der Waals surface area (Å²) in [5, 5.41) is 0. The van der Waals surface area contributed by atoms with Crippen LogP contribution in [0.1, 0.15) is 11.1 Å². The fourth-order valence-electron chi connectivity index (χ4n) is 1.22. The van der Waals surface area contributed by atoms with E-state index in [0.29, 0.717) is 13.2 Å². The van der Waals surface area contributed by atoms with Crippen LogP contribution < -0.4 is 0 Å². The van der Waals surface area contributed by atoms with Gasteiger partial charge in [-0.25, -0.2) is 9.97 Å². The van der Waals surface area contributed by atoms with Gasteiger partial charge in [0.05, 0.1) is 13.2 Å². The first-order valence-electron chi connectivity index (χ1n) is 5.47. The molecule has 0 fully saturated rings. The van der Waals surface area contributed by atoms with Gasteiger partial charge >= 0.3 is 0 Å². The molecule has 18 heavy (non-hydrogen) atoms. The molecule has 0 aliphatic heterocycles. The average Bonchev–Trinajstić information content (AvgIpc) is 2.43. The molecule has 5 nitrogen and oxygen atoms in total. The molecule has 2 heterocycles. The van der Waals surface area contributed by atoms with E-state index in [1.807, 2.05) is 12.1 Å². The van der Waals surface area contributed by atoms with Gasteiger partial charge in [0.1, 0.15) is 6.33 Å². The Labute approximate surface area is 107 Å². The lowest BCUT2D eigenvalue weighted by molar-refractivity contribution is 0.184. The molecule has 2 aromatic rings. The summed E-state index contributed by atoms with van der Waals surface area (Å²) in [7, 11) is 3.32. The quantitative estimate of drug-likeness (QED) is 0.825. The fourth-order valence-corrected chi connectivity index (χ4v) is 1.22. The summed E-state index contributed by atoms with van der Waals surface area (Å²) in [6, 6.07) is 3.88. The van der Waals surface area contributed by atoms with Crippen LogP contribution in [0.4, 0.5) is 0 Å². The first-order chi connectivity index (χ1) is 8.86. The van der Waals surface area contributed by atoms with E-state index >= 15 is 0 Å². The minimum atomic E-state index is 0.584. The minimum Gasteiger partial charge on any atom is -0.380 e. The van der Waals surface area contributed by atoms with E-state index in [-0.39, 0.29) is 0 Å². The molecular formula is C13H17N3O2. The Balaban J connectivity index is 0.000000180. The molecule has 2 rings (SSSR count). The Hall–Kier alpha value is -1.85. The second-order valence-electron chi connectivity index (χ2n) is 3.47. The molecule has 0 amide bonds. The Bertz CT molecular complexity index is 368. The van der Waals surface area contributed by atoms with Crippen molar-refractivity contribution in [3.05, 3.63) is 54.4 Å². The zero-order valence-corrected chi connectivity index (χ0v) is 10.6. The summed E-state index contributed by atoms with van der Waals surface area (Å²) in [5.74, 6) is 0. The number of pyridine rings is 1. The van der Waals surface area contributed by atoms with Gasteiger partial charge in [0.15, 0.2) is 0 Å². The SMILES string of the molecule is COCc1cccnc1.COCc1cncnc1. The summed E-state index contributed by atoms with van der Waals surface area (Å²) in [6.45, 7) is 1.23. The summed E-state index contributed by atoms with van der Waals surface area (Å²) >= 11 is 0. The molecule has 0 aliphatic rings. The van der Waals surface area contributed by atoms with E-state index in [1.165, 1.54) is 6.33 Å². The van der Waals surface area contributed by atoms with Crippen LogP contribution in [0, 0.1) is 0 Å². The van der Waals surface area contributed by atoms with Crippen molar-refractivity contribution in [3.8, 4) is 0 Å². The van der Waals surface area contributed by atoms with Crippen LogP contribution in [0.25, 0.3) is 0 Å². The Morgan fingerprint density at radius 3 is 2.06 bits per heavy atom. The van der Waals surface area contributed by atoms with E-state index in [0.717, 1.165) is 11.1 Å². The third kappa shape index (κ3) is 6.03. The second kappa shape index (κ2) is 9.21. The third-order valence-electron chi connectivity index (χ3n) is 1.96. The van der Waals surface area contributed by atoms with Crippen molar-refractivity contribution in [3.63, 3.8) is 0 Å². The Kier molecular flexibility index (Phi) is 7.27. The molecule has 0 aliphatic carbocycles. The highest BCUT2D eigenvalue weighted by Crippen LogP contribution is 1.95. The van der Waals surface area contributed by atoms with Crippen molar-refractivity contribution in [1.82, 2.24) is 15.0 Å². The monoisotopic (exact) mass is 247 g/mol. The molecule has 96 valence electrons. The van der Waals surface area contributed by atoms with E-state index in [2.05, 4.69) is 15.0 Å². The molecule has 0 spiro atoms. The molecule has 0 bridgehead atoms. The third-order valence-corrected chi connectivity index (χ3v) is 1.96. The van der Waals surface area contributed by atoms with Crippen LogP contribution in [0.15, 0.2) is 43.2 Å². The van der Waals surface area contributed by atoms with E-state index in [9.17, 15) is 0 Å². The molecule has 0 saturated carbocycles. The topological polar surface area (TPSA) is 57.1 Å². The van der Waals surface area contributed by atoms with Crippen LogP contribution in [0.2, 0.25) is 0 Å². The van der Waals surface area contributed by atoms with Gasteiger partial charge in [-0.3, -0.25) is 4.98 Å². The van der Waals surface area contributed by atoms with Crippen LogP contribution in [-0.4, -0.2) is 29.2 Å². The molecule has 5 heteroatoms. The number of aromatic nitrogens is 3. The van der Waals surface area contributed by atoms with Gasteiger partial charge in [-0.1, -0.05) is 6.07 Å². The molecule has 2 aromatic heterocycles. The van der Waals surface area contributed by atoms with Crippen molar-refractivity contribution in [2.45, 2.75) is 13.2 Å². The minimum absolute atomic E-state index is 0.584. The first-order valence-corrected chi connectivity index (χ1v) is 5.47. The van der Waals surface area contributed by atoms with Gasteiger partial charge in [0.25, 0.3) is 0 Å². The number of hydrogen-bond donors (Lipinski definition) is 0. The van der Waals surface area contributed by atoms with Crippen molar-refractivity contribution >= 4 is 0 Å². The van der Waals surface area contributed by atoms with Gasteiger partial charge in [0, 0.05) is 44.6 Å². The molecule has 0 unspecified atom stereocenters. The lowest BCUT2D eigenvalue weighted by Gasteiger charge is -1.94. The lowest BCUT2D eigenvalue weighted by Crippen LogP contribution is -1.88. The van der Waals surface area contributed by atoms with Crippen molar-refractivity contribution in [2.75, 3.05) is 14.2 Å². The van der Waals surface area contributed by atoms with Crippen molar-refractivity contribution in [1.29, 1.82) is 0 Å². The van der Waals surface area contributed by atoms with Crippen LogP contribution in [-0.2, 0) is 22.7 Å². The maximum absolute atomic E-state index is 4.89. The predicted molar refractivity (Wildman–Crippen MR) is 67.7 cm³/mol. The molecule has 0 saturated heterocycles. The highest BCUT2D eigenvalue weighted by molar-refractivity contribution is 5.06. The van der Waals surface area contributed by atoms with Crippen LogP contribution in [0.3, 0.4) is 0 Å². The number of ether oxygens (including phenoxy) is 2. The zero-order valence-electron chi connectivity index (χ0n) is 10.6. The van der Waals surface area contributed by atoms with E-state index in [4.69, 9.17) is 9.47 Å².